The van der Waals surface area contributed by atoms with Crippen LogP contribution in [0.2, 0.25) is 0 Å². The number of rotatable bonds is 60. The molecule has 0 spiro atoms. The summed E-state index contributed by atoms with van der Waals surface area (Å²) in [5.41, 5.74) is 0. The normalized spacial score (nSPS) is 12.4. The summed E-state index contributed by atoms with van der Waals surface area (Å²) in [4.78, 5) is 38.3. The first kappa shape index (κ1) is 72.1. The van der Waals surface area contributed by atoms with E-state index in [0.29, 0.717) is 19.3 Å². The predicted octanol–water partition coefficient (Wildman–Crippen LogP) is 22.3. The molecule has 436 valence electrons. The number of unbranched alkanes of at least 4 members (excludes halogenated alkanes) is 39. The third-order valence-corrected chi connectivity index (χ3v) is 14.5. The first-order valence-corrected chi connectivity index (χ1v) is 32.8. The molecule has 6 heteroatoms. The van der Waals surface area contributed by atoms with Gasteiger partial charge in [-0.3, -0.25) is 14.4 Å². The SMILES string of the molecule is CC/C=C\C/C=C\C/C=C\C/C=C\C/C=C\CCCCCCCC(=O)OC(COC(=O)CCCCCCCCCCCCCCCC)COC(=O)CCCCCCCCCCCCCCCCCCCCCCCC. The zero-order chi connectivity index (χ0) is 54.3. The van der Waals surface area contributed by atoms with Gasteiger partial charge in [-0.05, 0) is 64.2 Å². The standard InChI is InChI=1S/C69H124O6/c1-4-7-10-13-16-19-22-25-28-30-32-34-36-37-39-41-44-47-50-53-56-59-62-68(71)74-65-66(64-73-67(70)61-58-55-52-49-46-43-27-24-21-18-15-12-9-6-3)75-69(72)63-60-57-54-51-48-45-42-40-38-35-33-31-29-26-23-20-17-14-11-8-5-2/h8,11,17,20,26,29,33,35,40,42,66H,4-7,9-10,12-16,18-19,21-25,27-28,30-32,34,36-39,41,43-65H2,1-3H3/b11-8-,20-17-,29-26-,35-33-,42-40-. The van der Waals surface area contributed by atoms with Crippen LogP contribution in [0.3, 0.4) is 0 Å². The lowest BCUT2D eigenvalue weighted by molar-refractivity contribution is -0.167. The maximum Gasteiger partial charge on any atom is 0.306 e. The summed E-state index contributed by atoms with van der Waals surface area (Å²) < 4.78 is 16.9. The Balaban J connectivity index is 4.34. The Morgan fingerprint density at radius 2 is 0.520 bits per heavy atom. The highest BCUT2D eigenvalue weighted by atomic mass is 16.6. The van der Waals surface area contributed by atoms with E-state index in [1.807, 2.05) is 0 Å². The predicted molar refractivity (Wildman–Crippen MR) is 325 cm³/mol. The van der Waals surface area contributed by atoms with Gasteiger partial charge in [-0.15, -0.1) is 0 Å². The lowest BCUT2D eigenvalue weighted by atomic mass is 10.0. The fourth-order valence-electron chi connectivity index (χ4n) is 9.65. The first-order chi connectivity index (χ1) is 37.0. The molecular formula is C69H124O6. The largest absolute Gasteiger partial charge is 0.462 e. The molecule has 0 aliphatic carbocycles. The van der Waals surface area contributed by atoms with Crippen molar-refractivity contribution < 1.29 is 28.6 Å². The van der Waals surface area contributed by atoms with Gasteiger partial charge in [0.05, 0.1) is 0 Å². The minimum absolute atomic E-state index is 0.0776. The molecule has 0 aliphatic rings. The Morgan fingerprint density at radius 1 is 0.280 bits per heavy atom. The second-order valence-corrected chi connectivity index (χ2v) is 22.0. The maximum atomic E-state index is 12.9. The number of esters is 3. The first-order valence-electron chi connectivity index (χ1n) is 32.8. The van der Waals surface area contributed by atoms with E-state index in [-0.39, 0.29) is 31.1 Å². The topological polar surface area (TPSA) is 78.9 Å². The van der Waals surface area contributed by atoms with Crippen LogP contribution in [0.1, 0.15) is 342 Å². The van der Waals surface area contributed by atoms with Crippen molar-refractivity contribution in [1.82, 2.24) is 0 Å². The molecule has 6 nitrogen and oxygen atoms in total. The molecule has 0 radical (unpaired) electrons. The van der Waals surface area contributed by atoms with E-state index in [4.69, 9.17) is 14.2 Å². The van der Waals surface area contributed by atoms with E-state index < -0.39 is 6.10 Å². The Hall–Kier alpha value is -2.89. The summed E-state index contributed by atoms with van der Waals surface area (Å²) in [5.74, 6) is -0.874. The quantitative estimate of drug-likeness (QED) is 0.0261. The fourth-order valence-corrected chi connectivity index (χ4v) is 9.65. The van der Waals surface area contributed by atoms with Crippen LogP contribution in [0, 0.1) is 0 Å². The van der Waals surface area contributed by atoms with Gasteiger partial charge in [-0.1, -0.05) is 319 Å². The van der Waals surface area contributed by atoms with Crippen LogP contribution in [0.15, 0.2) is 60.8 Å². The lowest BCUT2D eigenvalue weighted by Gasteiger charge is -2.18. The monoisotopic (exact) mass is 1050 g/mol. The number of carbonyl (C=O) groups excluding carboxylic acids is 3. The molecule has 75 heavy (non-hydrogen) atoms. The zero-order valence-corrected chi connectivity index (χ0v) is 50.1. The van der Waals surface area contributed by atoms with Crippen molar-refractivity contribution in [2.45, 2.75) is 348 Å². The van der Waals surface area contributed by atoms with Crippen LogP contribution < -0.4 is 0 Å². The highest BCUT2D eigenvalue weighted by Crippen LogP contribution is 2.18. The highest BCUT2D eigenvalue weighted by molar-refractivity contribution is 5.71. The molecule has 0 heterocycles. The van der Waals surface area contributed by atoms with Crippen molar-refractivity contribution in [3.8, 4) is 0 Å². The van der Waals surface area contributed by atoms with Crippen molar-refractivity contribution >= 4 is 17.9 Å². The van der Waals surface area contributed by atoms with Crippen molar-refractivity contribution in [3.05, 3.63) is 60.8 Å². The summed E-state index contributed by atoms with van der Waals surface area (Å²) in [6.45, 7) is 6.57. The lowest BCUT2D eigenvalue weighted by Crippen LogP contribution is -2.30. The number of hydrogen-bond acceptors (Lipinski definition) is 6. The molecule has 0 aliphatic heterocycles. The van der Waals surface area contributed by atoms with E-state index in [2.05, 4.69) is 81.5 Å². The third-order valence-electron chi connectivity index (χ3n) is 14.5. The zero-order valence-electron chi connectivity index (χ0n) is 50.1. The van der Waals surface area contributed by atoms with Crippen molar-refractivity contribution in [2.24, 2.45) is 0 Å². The summed E-state index contributed by atoms with van der Waals surface area (Å²) in [5, 5.41) is 0. The Labute approximate surface area is 466 Å². The van der Waals surface area contributed by atoms with E-state index in [1.54, 1.807) is 0 Å². The van der Waals surface area contributed by atoms with Crippen molar-refractivity contribution in [3.63, 3.8) is 0 Å². The second-order valence-electron chi connectivity index (χ2n) is 22.0. The molecule has 0 saturated carbocycles. The number of carbonyl (C=O) groups is 3. The molecule has 1 atom stereocenters. The number of allylic oxidation sites excluding steroid dienone is 10. The molecule has 0 saturated heterocycles. The highest BCUT2D eigenvalue weighted by Gasteiger charge is 2.19. The number of hydrogen-bond donors (Lipinski definition) is 0. The summed E-state index contributed by atoms with van der Waals surface area (Å²) >= 11 is 0. The molecule has 0 fully saturated rings. The molecule has 0 rings (SSSR count). The molecular weight excluding hydrogens is 925 g/mol. The van der Waals surface area contributed by atoms with Crippen LogP contribution in [0.5, 0.6) is 0 Å². The summed E-state index contributed by atoms with van der Waals surface area (Å²) in [6, 6.07) is 0. The summed E-state index contributed by atoms with van der Waals surface area (Å²) in [7, 11) is 0. The van der Waals surface area contributed by atoms with Gasteiger partial charge in [-0.25, -0.2) is 0 Å². The molecule has 0 aromatic carbocycles. The second kappa shape index (κ2) is 63.6. The van der Waals surface area contributed by atoms with Crippen LogP contribution in [-0.4, -0.2) is 37.2 Å². The minimum atomic E-state index is -0.783. The van der Waals surface area contributed by atoms with E-state index in [0.717, 1.165) is 109 Å². The fraction of sp³-hybridized carbons (Fsp3) is 0.812. The Kier molecular flexibility index (Phi) is 61.2. The van der Waals surface area contributed by atoms with Gasteiger partial charge in [0, 0.05) is 19.3 Å². The van der Waals surface area contributed by atoms with Gasteiger partial charge < -0.3 is 14.2 Å². The molecule has 0 amide bonds. The van der Waals surface area contributed by atoms with Crippen LogP contribution in [0.4, 0.5) is 0 Å². The molecule has 0 aromatic rings. The van der Waals surface area contributed by atoms with E-state index in [1.165, 1.54) is 193 Å². The van der Waals surface area contributed by atoms with Crippen molar-refractivity contribution in [2.75, 3.05) is 13.2 Å². The van der Waals surface area contributed by atoms with Gasteiger partial charge in [0.25, 0.3) is 0 Å². The molecule has 0 aromatic heterocycles. The van der Waals surface area contributed by atoms with Crippen LogP contribution >= 0.6 is 0 Å². The van der Waals surface area contributed by atoms with Gasteiger partial charge in [0.2, 0.25) is 0 Å². The Morgan fingerprint density at radius 3 is 0.813 bits per heavy atom. The molecule has 0 bridgehead atoms. The van der Waals surface area contributed by atoms with Gasteiger partial charge in [-0.2, -0.15) is 0 Å². The minimum Gasteiger partial charge on any atom is -0.462 e. The van der Waals surface area contributed by atoms with Gasteiger partial charge >= 0.3 is 17.9 Å². The van der Waals surface area contributed by atoms with Gasteiger partial charge in [0.15, 0.2) is 6.10 Å². The van der Waals surface area contributed by atoms with E-state index in [9.17, 15) is 14.4 Å². The maximum absolute atomic E-state index is 12.9. The number of ether oxygens (including phenoxy) is 3. The third kappa shape index (κ3) is 61.8. The smallest absolute Gasteiger partial charge is 0.306 e. The van der Waals surface area contributed by atoms with Crippen LogP contribution in [-0.2, 0) is 28.6 Å². The average Bonchev–Trinajstić information content (AvgIpc) is 3.41. The van der Waals surface area contributed by atoms with E-state index >= 15 is 0 Å². The molecule has 0 N–H and O–H groups in total. The Bertz CT molecular complexity index is 1340. The molecule has 1 unspecified atom stereocenters. The van der Waals surface area contributed by atoms with Crippen LogP contribution in [0.25, 0.3) is 0 Å². The summed E-state index contributed by atoms with van der Waals surface area (Å²) in [6.07, 6.45) is 80.9. The van der Waals surface area contributed by atoms with Crippen molar-refractivity contribution in [1.29, 1.82) is 0 Å². The van der Waals surface area contributed by atoms with Gasteiger partial charge in [0.1, 0.15) is 13.2 Å². The average molecular weight is 1050 g/mol.